The minimum absolute atomic E-state index is 0.00575. The van der Waals surface area contributed by atoms with E-state index in [0.29, 0.717) is 24.1 Å². The molecule has 2 aliphatic rings. The Bertz CT molecular complexity index is 1290. The molecule has 0 aromatic heterocycles. The van der Waals surface area contributed by atoms with Gasteiger partial charge in [0.15, 0.2) is 0 Å². The number of ether oxygens (including phenoxy) is 1. The van der Waals surface area contributed by atoms with Crippen LogP contribution in [0.3, 0.4) is 0 Å². The maximum absolute atomic E-state index is 15.0. The van der Waals surface area contributed by atoms with Crippen LogP contribution in [0.2, 0.25) is 5.02 Å². The van der Waals surface area contributed by atoms with Gasteiger partial charge in [-0.25, -0.2) is 13.6 Å². The van der Waals surface area contributed by atoms with Gasteiger partial charge in [0, 0.05) is 18.2 Å². The number of amides is 2. The fraction of sp³-hybridized carbons (Fsp3) is 0.250. The van der Waals surface area contributed by atoms with Crippen molar-refractivity contribution in [1.29, 1.82) is 0 Å². The van der Waals surface area contributed by atoms with Crippen molar-refractivity contribution < 1.29 is 18.3 Å². The lowest BCUT2D eigenvalue weighted by Gasteiger charge is -2.34. The summed E-state index contributed by atoms with van der Waals surface area (Å²) in [6.07, 6.45) is 4.54. The van der Waals surface area contributed by atoms with Crippen molar-refractivity contribution in [3.8, 4) is 16.9 Å². The van der Waals surface area contributed by atoms with Crippen LogP contribution in [-0.2, 0) is 6.54 Å². The molecule has 180 valence electrons. The maximum atomic E-state index is 15.0. The molecule has 1 fully saturated rings. The molecule has 3 aromatic rings. The van der Waals surface area contributed by atoms with Gasteiger partial charge < -0.3 is 15.0 Å². The summed E-state index contributed by atoms with van der Waals surface area (Å²) >= 11 is 5.75. The third-order valence-electron chi connectivity index (χ3n) is 6.80. The Kier molecular flexibility index (Phi) is 6.48. The minimum Gasteiger partial charge on any atom is -0.497 e. The van der Waals surface area contributed by atoms with Gasteiger partial charge in [0.2, 0.25) is 0 Å². The van der Waals surface area contributed by atoms with Crippen LogP contribution in [0.25, 0.3) is 16.7 Å². The van der Waals surface area contributed by atoms with Gasteiger partial charge in [0.05, 0.1) is 18.2 Å². The van der Waals surface area contributed by atoms with Gasteiger partial charge in [0.25, 0.3) is 0 Å². The van der Waals surface area contributed by atoms with Crippen LogP contribution >= 0.6 is 11.6 Å². The molecule has 5 rings (SSSR count). The predicted octanol–water partition coefficient (Wildman–Crippen LogP) is 6.82. The van der Waals surface area contributed by atoms with Crippen LogP contribution in [0.4, 0.5) is 13.6 Å². The quantitative estimate of drug-likeness (QED) is 0.422. The molecule has 7 heteroatoms. The molecule has 0 radical (unpaired) electrons. The largest absolute Gasteiger partial charge is 0.497 e. The van der Waals surface area contributed by atoms with Crippen molar-refractivity contribution in [3.05, 3.63) is 94.5 Å². The van der Waals surface area contributed by atoms with E-state index in [1.165, 1.54) is 18.2 Å². The molecule has 0 aliphatic carbocycles. The normalized spacial score (nSPS) is 18.9. The van der Waals surface area contributed by atoms with Crippen LogP contribution < -0.4 is 10.1 Å². The number of nitrogens with zero attached hydrogens (tertiary/aromatic N) is 1. The van der Waals surface area contributed by atoms with Gasteiger partial charge in [-0.05, 0) is 71.9 Å². The topological polar surface area (TPSA) is 41.6 Å². The van der Waals surface area contributed by atoms with Crippen LogP contribution in [0.15, 0.2) is 66.7 Å². The van der Waals surface area contributed by atoms with Gasteiger partial charge in [-0.1, -0.05) is 48.0 Å². The summed E-state index contributed by atoms with van der Waals surface area (Å²) in [6, 6.07) is 16.9. The lowest BCUT2D eigenvalue weighted by atomic mass is 9.93. The molecular weight excluding hydrogens is 470 g/mol. The molecule has 2 bridgehead atoms. The first kappa shape index (κ1) is 23.4. The molecule has 4 nitrogen and oxygen atoms in total. The Labute approximate surface area is 208 Å². The standard InChI is InChI=1S/C28H25ClF2N2O2/c1-35-23-8-2-17(3-9-23)16-32-28(34)33-21-6-7-22(33)13-20(12-21)18-4-10-24(26(30)14-18)19-5-11-25(29)27(31)15-19/h2-5,8-12,14-15,21-22H,6-7,13,16H2,1H3,(H,32,34). The Morgan fingerprint density at radius 1 is 1.03 bits per heavy atom. The molecule has 2 heterocycles. The summed E-state index contributed by atoms with van der Waals surface area (Å²) in [4.78, 5) is 14.9. The first-order chi connectivity index (χ1) is 16.9. The van der Waals surface area contributed by atoms with Crippen LogP contribution in [0, 0.1) is 11.6 Å². The monoisotopic (exact) mass is 494 g/mol. The molecular formula is C28H25ClF2N2O2. The number of rotatable bonds is 5. The number of halogens is 3. The van der Waals surface area contributed by atoms with Crippen LogP contribution in [0.5, 0.6) is 5.75 Å². The average Bonchev–Trinajstić information content (AvgIpc) is 3.13. The lowest BCUT2D eigenvalue weighted by molar-refractivity contribution is 0.179. The van der Waals surface area contributed by atoms with Crippen molar-refractivity contribution >= 4 is 23.2 Å². The molecule has 2 amide bonds. The highest BCUT2D eigenvalue weighted by molar-refractivity contribution is 6.30. The van der Waals surface area contributed by atoms with E-state index >= 15 is 0 Å². The smallest absolute Gasteiger partial charge is 0.318 e. The van der Waals surface area contributed by atoms with E-state index in [2.05, 4.69) is 11.4 Å². The van der Waals surface area contributed by atoms with E-state index in [-0.39, 0.29) is 23.1 Å². The van der Waals surface area contributed by atoms with Gasteiger partial charge >= 0.3 is 6.03 Å². The first-order valence-corrected chi connectivity index (χ1v) is 12.0. The van der Waals surface area contributed by atoms with E-state index in [9.17, 15) is 13.6 Å². The Hall–Kier alpha value is -3.38. The highest BCUT2D eigenvalue weighted by atomic mass is 35.5. The molecule has 1 saturated heterocycles. The summed E-state index contributed by atoms with van der Waals surface area (Å²) in [5.41, 5.74) is 3.58. The summed E-state index contributed by atoms with van der Waals surface area (Å²) in [6.45, 7) is 0.438. The van der Waals surface area contributed by atoms with Crippen LogP contribution in [0.1, 0.15) is 30.4 Å². The van der Waals surface area contributed by atoms with E-state index in [0.717, 1.165) is 35.3 Å². The van der Waals surface area contributed by atoms with E-state index in [4.69, 9.17) is 16.3 Å². The van der Waals surface area contributed by atoms with Gasteiger partial charge in [-0.15, -0.1) is 0 Å². The number of hydrogen-bond donors (Lipinski definition) is 1. The third kappa shape index (κ3) is 4.76. The summed E-state index contributed by atoms with van der Waals surface area (Å²) in [7, 11) is 1.62. The first-order valence-electron chi connectivity index (χ1n) is 11.6. The predicted molar refractivity (Wildman–Crippen MR) is 133 cm³/mol. The van der Waals surface area contributed by atoms with Crippen molar-refractivity contribution in [2.24, 2.45) is 0 Å². The highest BCUT2D eigenvalue weighted by Gasteiger charge is 2.39. The molecule has 1 N–H and O–H groups in total. The van der Waals surface area contributed by atoms with E-state index in [1.54, 1.807) is 19.2 Å². The minimum atomic E-state index is -0.579. The zero-order valence-electron chi connectivity index (χ0n) is 19.2. The number of fused-ring (bicyclic) bond motifs is 2. The van der Waals surface area contributed by atoms with E-state index < -0.39 is 11.6 Å². The second kappa shape index (κ2) is 9.70. The number of carbonyl (C=O) groups is 1. The number of urea groups is 1. The fourth-order valence-electron chi connectivity index (χ4n) is 4.99. The molecule has 2 atom stereocenters. The summed E-state index contributed by atoms with van der Waals surface area (Å²) < 4.78 is 34.0. The van der Waals surface area contributed by atoms with Crippen molar-refractivity contribution in [3.63, 3.8) is 0 Å². The van der Waals surface area contributed by atoms with Crippen molar-refractivity contribution in [2.75, 3.05) is 7.11 Å². The Morgan fingerprint density at radius 2 is 1.77 bits per heavy atom. The zero-order valence-corrected chi connectivity index (χ0v) is 20.0. The fourth-order valence-corrected chi connectivity index (χ4v) is 5.10. The Morgan fingerprint density at radius 3 is 2.46 bits per heavy atom. The Balaban J connectivity index is 1.29. The number of benzene rings is 3. The van der Waals surface area contributed by atoms with Gasteiger partial charge in [0.1, 0.15) is 17.4 Å². The van der Waals surface area contributed by atoms with Crippen molar-refractivity contribution in [2.45, 2.75) is 37.9 Å². The second-order valence-corrected chi connectivity index (χ2v) is 9.34. The number of carbonyl (C=O) groups excluding carboxylic acids is 1. The lowest BCUT2D eigenvalue weighted by Crippen LogP contribution is -2.48. The van der Waals surface area contributed by atoms with Crippen molar-refractivity contribution in [1.82, 2.24) is 10.2 Å². The molecule has 0 saturated carbocycles. The molecule has 0 spiro atoms. The summed E-state index contributed by atoms with van der Waals surface area (Å²) in [5, 5.41) is 3.03. The third-order valence-corrected chi connectivity index (χ3v) is 7.11. The van der Waals surface area contributed by atoms with Gasteiger partial charge in [-0.3, -0.25) is 0 Å². The molecule has 3 aromatic carbocycles. The van der Waals surface area contributed by atoms with Gasteiger partial charge in [-0.2, -0.15) is 0 Å². The number of hydrogen-bond acceptors (Lipinski definition) is 2. The maximum Gasteiger partial charge on any atom is 0.318 e. The number of methoxy groups -OCH3 is 1. The number of nitrogens with one attached hydrogen (secondary N) is 1. The molecule has 35 heavy (non-hydrogen) atoms. The average molecular weight is 495 g/mol. The zero-order chi connectivity index (χ0) is 24.5. The summed E-state index contributed by atoms with van der Waals surface area (Å²) in [5.74, 6) is -0.224. The second-order valence-electron chi connectivity index (χ2n) is 8.93. The SMILES string of the molecule is COc1ccc(CNC(=O)N2C3C=C(c4ccc(-c5ccc(Cl)c(F)c5)c(F)c4)CC2CC3)cc1. The van der Waals surface area contributed by atoms with E-state index in [1.807, 2.05) is 35.2 Å². The van der Waals surface area contributed by atoms with Crippen LogP contribution in [-0.4, -0.2) is 30.1 Å². The molecule has 2 unspecified atom stereocenters. The molecule has 2 aliphatic heterocycles. The highest BCUT2D eigenvalue weighted by Crippen LogP contribution is 2.39.